The van der Waals surface area contributed by atoms with Gasteiger partial charge in [0.25, 0.3) is 5.91 Å². The number of allylic oxidation sites excluding steroid dienone is 4. The molecule has 9 heteroatoms. The summed E-state index contributed by atoms with van der Waals surface area (Å²) in [5, 5.41) is 3.22. The second-order valence-corrected chi connectivity index (χ2v) is 12.4. The minimum Gasteiger partial charge on any atom is -0.455 e. The minimum atomic E-state index is -3.70. The highest BCUT2D eigenvalue weighted by atomic mass is 32.2. The maximum atomic E-state index is 13.7. The highest BCUT2D eigenvalue weighted by molar-refractivity contribution is 7.92. The van der Waals surface area contributed by atoms with Crippen LogP contribution in [-0.2, 0) is 16.6 Å². The Balaban J connectivity index is 1.64. The van der Waals surface area contributed by atoms with Gasteiger partial charge in [0.1, 0.15) is 17.2 Å². The van der Waals surface area contributed by atoms with Gasteiger partial charge in [-0.1, -0.05) is 48.6 Å². The molecule has 5 rings (SSSR count). The van der Waals surface area contributed by atoms with E-state index in [0.717, 1.165) is 24.0 Å². The fourth-order valence-electron chi connectivity index (χ4n) is 5.24. The second kappa shape index (κ2) is 12.3. The summed E-state index contributed by atoms with van der Waals surface area (Å²) < 4.78 is 47.9. The lowest BCUT2D eigenvalue weighted by atomic mass is 9.95. The monoisotopic (exact) mass is 587 g/mol. The minimum absolute atomic E-state index is 0.214. The van der Waals surface area contributed by atoms with Gasteiger partial charge in [-0.3, -0.25) is 9.10 Å². The van der Waals surface area contributed by atoms with Crippen LogP contribution in [0.4, 0.5) is 10.1 Å². The molecule has 0 spiro atoms. The number of sulfonamides is 1. The predicted octanol–water partition coefficient (Wildman–Crippen LogP) is 6.23. The van der Waals surface area contributed by atoms with Crippen LogP contribution in [0.3, 0.4) is 0 Å². The summed E-state index contributed by atoms with van der Waals surface area (Å²) in [6.45, 7) is 1.37. The molecule has 218 valence electrons. The third kappa shape index (κ3) is 6.32. The van der Waals surface area contributed by atoms with Crippen molar-refractivity contribution in [2.45, 2.75) is 19.4 Å². The summed E-state index contributed by atoms with van der Waals surface area (Å²) in [5.41, 5.74) is 4.37. The van der Waals surface area contributed by atoms with Gasteiger partial charge in [0, 0.05) is 49.3 Å². The number of anilines is 1. The molecule has 1 aromatic heterocycles. The van der Waals surface area contributed by atoms with Gasteiger partial charge in [0.05, 0.1) is 17.5 Å². The Labute approximate surface area is 246 Å². The number of fused-ring (bicyclic) bond motifs is 1. The molecule has 0 atom stereocenters. The molecule has 4 aromatic rings. The predicted molar refractivity (Wildman–Crippen MR) is 166 cm³/mol. The van der Waals surface area contributed by atoms with E-state index in [1.54, 1.807) is 18.2 Å². The number of rotatable bonds is 10. The number of hydrogen-bond donors (Lipinski definition) is 1. The lowest BCUT2D eigenvalue weighted by Gasteiger charge is -2.28. The fraction of sp³-hybridized carbons (Fsp3) is 0.242. The number of carbonyl (C=O) groups excluding carboxylic acids is 1. The number of likely N-dealkylation sites (N-methyl/N-ethyl adjacent to an activating group) is 1. The van der Waals surface area contributed by atoms with Crippen molar-refractivity contribution in [1.29, 1.82) is 0 Å². The van der Waals surface area contributed by atoms with Crippen LogP contribution in [0.2, 0.25) is 0 Å². The molecular formula is C33H34FN3O4S. The second-order valence-electron chi connectivity index (χ2n) is 10.5. The molecule has 1 N–H and O–H groups in total. The van der Waals surface area contributed by atoms with E-state index >= 15 is 0 Å². The number of furan rings is 1. The Hall–Kier alpha value is -4.21. The maximum Gasteiger partial charge on any atom is 0.255 e. The summed E-state index contributed by atoms with van der Waals surface area (Å²) in [4.78, 5) is 15.2. The van der Waals surface area contributed by atoms with E-state index in [-0.39, 0.29) is 18.2 Å². The largest absolute Gasteiger partial charge is 0.455 e. The molecule has 1 aliphatic rings. The Morgan fingerprint density at radius 2 is 1.76 bits per heavy atom. The number of carbonyl (C=O) groups is 1. The van der Waals surface area contributed by atoms with Crippen molar-refractivity contribution in [2.24, 2.45) is 0 Å². The van der Waals surface area contributed by atoms with Gasteiger partial charge >= 0.3 is 0 Å². The quantitative estimate of drug-likeness (QED) is 0.238. The number of hydrogen-bond acceptors (Lipinski definition) is 5. The Morgan fingerprint density at radius 3 is 2.40 bits per heavy atom. The van der Waals surface area contributed by atoms with Crippen LogP contribution in [-0.4, -0.2) is 52.7 Å². The van der Waals surface area contributed by atoms with Crippen LogP contribution in [0.1, 0.15) is 34.3 Å². The van der Waals surface area contributed by atoms with Crippen LogP contribution in [0.15, 0.2) is 89.4 Å². The number of halogens is 1. The molecule has 0 saturated carbocycles. The molecule has 0 radical (unpaired) electrons. The standard InChI is InChI=1S/C33H34FN3O4S/c1-35-33(38)31-28-20-27(24-12-8-5-9-13-24)29(21-30(28)41-32(31)25-14-16-26(34)17-15-25)37(42(3,39)40)19-18-36(2)22-23-10-6-4-7-11-23/h4,6-8,10-17,20-21H,5,9,18-19,22H2,1-3H3,(H,35,38). The molecule has 7 nitrogen and oxygen atoms in total. The zero-order chi connectivity index (χ0) is 29.9. The van der Waals surface area contributed by atoms with Gasteiger partial charge < -0.3 is 14.6 Å². The number of benzene rings is 3. The fourth-order valence-corrected chi connectivity index (χ4v) is 6.16. The van der Waals surface area contributed by atoms with Crippen LogP contribution >= 0.6 is 0 Å². The average Bonchev–Trinajstić information content (AvgIpc) is 3.35. The van der Waals surface area contributed by atoms with Gasteiger partial charge in [-0.15, -0.1) is 0 Å². The summed E-state index contributed by atoms with van der Waals surface area (Å²) >= 11 is 0. The lowest BCUT2D eigenvalue weighted by Crippen LogP contribution is -2.37. The van der Waals surface area contributed by atoms with Gasteiger partial charge in [-0.2, -0.15) is 0 Å². The van der Waals surface area contributed by atoms with E-state index in [1.807, 2.05) is 49.5 Å². The molecule has 1 aliphatic carbocycles. The number of nitrogens with zero attached hydrogens (tertiary/aromatic N) is 2. The van der Waals surface area contributed by atoms with Crippen molar-refractivity contribution in [2.75, 3.05) is 37.7 Å². The van der Waals surface area contributed by atoms with Gasteiger partial charge in [0.2, 0.25) is 10.0 Å². The molecular weight excluding hydrogens is 553 g/mol. The Morgan fingerprint density at radius 1 is 1.02 bits per heavy atom. The van der Waals surface area contributed by atoms with Gasteiger partial charge in [-0.05, 0) is 61.4 Å². The van der Waals surface area contributed by atoms with E-state index in [0.29, 0.717) is 46.4 Å². The van der Waals surface area contributed by atoms with Crippen molar-refractivity contribution < 1.29 is 22.0 Å². The normalized spacial score (nSPS) is 13.4. The maximum absolute atomic E-state index is 13.7. The number of nitrogens with one attached hydrogen (secondary N) is 1. The van der Waals surface area contributed by atoms with Gasteiger partial charge in [-0.25, -0.2) is 12.8 Å². The van der Waals surface area contributed by atoms with Crippen molar-refractivity contribution in [3.63, 3.8) is 0 Å². The Bertz CT molecular complexity index is 1760. The molecule has 42 heavy (non-hydrogen) atoms. The average molecular weight is 588 g/mol. The summed E-state index contributed by atoms with van der Waals surface area (Å²) in [6.07, 6.45) is 9.03. The molecule has 3 aromatic carbocycles. The highest BCUT2D eigenvalue weighted by Gasteiger charge is 2.28. The van der Waals surface area contributed by atoms with Crippen LogP contribution in [0.5, 0.6) is 0 Å². The third-order valence-corrected chi connectivity index (χ3v) is 8.50. The van der Waals surface area contributed by atoms with Crippen LogP contribution in [0.25, 0.3) is 27.9 Å². The van der Waals surface area contributed by atoms with E-state index in [1.165, 1.54) is 29.7 Å². The summed E-state index contributed by atoms with van der Waals surface area (Å²) in [7, 11) is -0.209. The molecule has 0 fully saturated rings. The first-order chi connectivity index (χ1) is 20.2. The summed E-state index contributed by atoms with van der Waals surface area (Å²) in [6, 6.07) is 19.3. The molecule has 0 saturated heterocycles. The molecule has 0 bridgehead atoms. The molecule has 0 unspecified atom stereocenters. The molecule has 1 amide bonds. The highest BCUT2D eigenvalue weighted by Crippen LogP contribution is 2.41. The molecule has 0 aliphatic heterocycles. The van der Waals surface area contributed by atoms with E-state index in [9.17, 15) is 17.6 Å². The van der Waals surface area contributed by atoms with E-state index in [4.69, 9.17) is 4.42 Å². The topological polar surface area (TPSA) is 82.9 Å². The summed E-state index contributed by atoms with van der Waals surface area (Å²) in [5.74, 6) is -0.477. The smallest absolute Gasteiger partial charge is 0.255 e. The molecule has 1 heterocycles. The van der Waals surface area contributed by atoms with Crippen LogP contribution in [0, 0.1) is 5.82 Å². The first-order valence-electron chi connectivity index (χ1n) is 13.8. The number of amides is 1. The van der Waals surface area contributed by atoms with Crippen molar-refractivity contribution >= 4 is 38.2 Å². The first-order valence-corrected chi connectivity index (χ1v) is 15.7. The van der Waals surface area contributed by atoms with Gasteiger partial charge in [0.15, 0.2) is 0 Å². The zero-order valence-electron chi connectivity index (χ0n) is 23.9. The first kappa shape index (κ1) is 29.3. The zero-order valence-corrected chi connectivity index (χ0v) is 24.7. The van der Waals surface area contributed by atoms with E-state index < -0.39 is 15.8 Å². The van der Waals surface area contributed by atoms with Crippen molar-refractivity contribution in [3.05, 3.63) is 107 Å². The van der Waals surface area contributed by atoms with Crippen molar-refractivity contribution in [3.8, 4) is 11.3 Å². The van der Waals surface area contributed by atoms with Crippen molar-refractivity contribution in [1.82, 2.24) is 10.2 Å². The Kier molecular flexibility index (Phi) is 8.61. The third-order valence-electron chi connectivity index (χ3n) is 7.32. The van der Waals surface area contributed by atoms with Crippen LogP contribution < -0.4 is 9.62 Å². The van der Waals surface area contributed by atoms with E-state index in [2.05, 4.69) is 22.4 Å². The SMILES string of the molecule is CNC(=O)c1c(-c2ccc(F)cc2)oc2cc(N(CCN(C)Cc3ccccc3)S(C)(=O)=O)c(C3=CCCC=C3)cc12. The lowest BCUT2D eigenvalue weighted by molar-refractivity contribution is 0.0964.